The fraction of sp³-hybridized carbons (Fsp3) is 0.0566. The number of hydrogen-bond donors (Lipinski definition) is 0. The molecule has 1 aliphatic carbocycles. The first-order chi connectivity index (χ1) is 28.0. The molecule has 0 saturated heterocycles. The molecule has 0 spiro atoms. The highest BCUT2D eigenvalue weighted by Gasteiger charge is 2.39. The molecule has 0 aliphatic heterocycles. The van der Waals surface area contributed by atoms with Crippen molar-refractivity contribution in [3.05, 3.63) is 175 Å². The summed E-state index contributed by atoms with van der Waals surface area (Å²) in [5.41, 5.74) is 8.36. The van der Waals surface area contributed by atoms with E-state index in [4.69, 9.17) is 9.97 Å². The van der Waals surface area contributed by atoms with Gasteiger partial charge >= 0.3 is 0 Å². The largest absolute Gasteiger partial charge is 0.292 e. The molecule has 0 bridgehead atoms. The van der Waals surface area contributed by atoms with E-state index >= 15 is 0 Å². The zero-order chi connectivity index (χ0) is 37.6. The average Bonchev–Trinajstić information content (AvgIpc) is 3.87. The van der Waals surface area contributed by atoms with Crippen molar-refractivity contribution >= 4 is 96.4 Å². The Balaban J connectivity index is 1.26. The van der Waals surface area contributed by atoms with Gasteiger partial charge in [-0.25, -0.2) is 9.97 Å². The third-order valence-corrected chi connectivity index (χ3v) is 13.9. The van der Waals surface area contributed by atoms with Crippen molar-refractivity contribution < 1.29 is 0 Å². The van der Waals surface area contributed by atoms with Crippen LogP contribution in [0.1, 0.15) is 25.1 Å². The van der Waals surface area contributed by atoms with Gasteiger partial charge in [0.1, 0.15) is 5.69 Å². The third kappa shape index (κ3) is 4.10. The lowest BCUT2D eigenvalue weighted by Gasteiger charge is -2.22. The lowest BCUT2D eigenvalue weighted by Crippen LogP contribution is -2.18. The average molecular weight is 744 g/mol. The van der Waals surface area contributed by atoms with Crippen molar-refractivity contribution in [3.63, 3.8) is 0 Å². The molecule has 0 radical (unpaired) electrons. The summed E-state index contributed by atoms with van der Waals surface area (Å²) >= 11 is 1.85. The van der Waals surface area contributed by atoms with Crippen LogP contribution in [-0.2, 0) is 5.41 Å². The number of hydrogen-bond acceptors (Lipinski definition) is 3. The molecular weight excluding hydrogens is 711 g/mol. The first-order valence-corrected chi connectivity index (χ1v) is 20.5. The van der Waals surface area contributed by atoms with Gasteiger partial charge in [0.05, 0.1) is 22.4 Å². The molecule has 0 saturated carbocycles. The molecule has 0 N–H and O–H groups in total. The lowest BCUT2D eigenvalue weighted by atomic mass is 9.85. The minimum atomic E-state index is -0.312. The van der Waals surface area contributed by atoms with Crippen molar-refractivity contribution in [1.82, 2.24) is 14.5 Å². The first-order valence-electron chi connectivity index (χ1n) is 19.7. The van der Waals surface area contributed by atoms with Gasteiger partial charge in [0.25, 0.3) is 0 Å². The quantitative estimate of drug-likeness (QED) is 0.165. The Morgan fingerprint density at radius 1 is 0.456 bits per heavy atom. The summed E-state index contributed by atoms with van der Waals surface area (Å²) in [6.45, 7) is 4.59. The van der Waals surface area contributed by atoms with Crippen LogP contribution in [0.5, 0.6) is 0 Å². The lowest BCUT2D eigenvalue weighted by molar-refractivity contribution is 0.635. The van der Waals surface area contributed by atoms with Gasteiger partial charge in [0.2, 0.25) is 0 Å². The maximum atomic E-state index is 5.85. The molecule has 0 fully saturated rings. The zero-order valence-electron chi connectivity index (χ0n) is 31.3. The predicted octanol–water partition coefficient (Wildman–Crippen LogP) is 14.5. The van der Waals surface area contributed by atoms with Crippen molar-refractivity contribution in [3.8, 4) is 28.3 Å². The summed E-state index contributed by atoms with van der Waals surface area (Å²) in [7, 11) is 0. The van der Waals surface area contributed by atoms with Gasteiger partial charge in [0.15, 0.2) is 5.82 Å². The smallest absolute Gasteiger partial charge is 0.165 e. The molecule has 0 unspecified atom stereocenters. The number of benzene rings is 9. The maximum absolute atomic E-state index is 5.85. The van der Waals surface area contributed by atoms with E-state index in [9.17, 15) is 0 Å². The molecule has 57 heavy (non-hydrogen) atoms. The van der Waals surface area contributed by atoms with Crippen LogP contribution in [0.3, 0.4) is 0 Å². The summed E-state index contributed by atoms with van der Waals surface area (Å²) in [5.74, 6) is 0.853. The number of nitrogens with zero attached hydrogens (tertiary/aromatic N) is 3. The third-order valence-electron chi connectivity index (χ3n) is 12.7. The summed E-state index contributed by atoms with van der Waals surface area (Å²) in [6.07, 6.45) is 0. The van der Waals surface area contributed by atoms with E-state index in [1.807, 2.05) is 11.3 Å². The van der Waals surface area contributed by atoms with Crippen molar-refractivity contribution in [2.24, 2.45) is 0 Å². The van der Waals surface area contributed by atoms with Gasteiger partial charge < -0.3 is 0 Å². The Kier molecular flexibility index (Phi) is 6.12. The standard InChI is InChI=1S/C53H33N3S/c1-53(2)42-24-11-9-21-39(42)48-51(53)54-49(40-23-13-22-38-35-19-10-12-25-45(35)57-50(38)40)52(55-48)56-43-27-26-37-34-18-6-5-16-32(34)33-17-7-8-20-36(33)46(37)47(43)41-28-30-14-3-4-15-31(30)29-44(41)56/h3-29H,1-2H3. The van der Waals surface area contributed by atoms with Crippen LogP contribution < -0.4 is 0 Å². The number of fused-ring (bicyclic) bond motifs is 17. The van der Waals surface area contributed by atoms with Gasteiger partial charge in [-0.2, -0.15) is 0 Å². The van der Waals surface area contributed by atoms with Crippen LogP contribution in [0, 0.1) is 0 Å². The Hall–Kier alpha value is -6.88. The van der Waals surface area contributed by atoms with Gasteiger partial charge in [-0.3, -0.25) is 4.57 Å². The minimum Gasteiger partial charge on any atom is -0.292 e. The summed E-state index contributed by atoms with van der Waals surface area (Å²) < 4.78 is 4.94. The normalized spacial score (nSPS) is 13.6. The molecule has 9 aromatic carbocycles. The highest BCUT2D eigenvalue weighted by molar-refractivity contribution is 7.26. The molecule has 13 rings (SSSR count). The minimum absolute atomic E-state index is 0.312. The number of thiophene rings is 1. The van der Waals surface area contributed by atoms with E-state index in [1.165, 1.54) is 79.6 Å². The zero-order valence-corrected chi connectivity index (χ0v) is 32.2. The molecule has 4 heteroatoms. The van der Waals surface area contributed by atoms with Crippen molar-refractivity contribution in [2.75, 3.05) is 0 Å². The van der Waals surface area contributed by atoms with Crippen molar-refractivity contribution in [2.45, 2.75) is 19.3 Å². The van der Waals surface area contributed by atoms with Gasteiger partial charge in [-0.1, -0.05) is 153 Å². The molecule has 266 valence electrons. The van der Waals surface area contributed by atoms with E-state index in [0.717, 1.165) is 45.1 Å². The monoisotopic (exact) mass is 743 g/mol. The molecule has 12 aromatic rings. The summed E-state index contributed by atoms with van der Waals surface area (Å²) in [6, 6.07) is 60.2. The van der Waals surface area contributed by atoms with Gasteiger partial charge in [0, 0.05) is 52.9 Å². The highest BCUT2D eigenvalue weighted by atomic mass is 32.1. The highest BCUT2D eigenvalue weighted by Crippen LogP contribution is 2.51. The van der Waals surface area contributed by atoms with Gasteiger partial charge in [-0.05, 0) is 67.5 Å². The summed E-state index contributed by atoms with van der Waals surface area (Å²) in [4.78, 5) is 11.7. The molecule has 0 amide bonds. The Morgan fingerprint density at radius 2 is 1.07 bits per heavy atom. The molecule has 1 aliphatic rings. The fourth-order valence-corrected chi connectivity index (χ4v) is 11.3. The van der Waals surface area contributed by atoms with Crippen molar-refractivity contribution in [1.29, 1.82) is 0 Å². The van der Waals surface area contributed by atoms with Crippen LogP contribution in [0.15, 0.2) is 164 Å². The predicted molar refractivity (Wildman–Crippen MR) is 242 cm³/mol. The van der Waals surface area contributed by atoms with Crippen LogP contribution >= 0.6 is 11.3 Å². The summed E-state index contributed by atoms with van der Waals surface area (Å²) in [5, 5.41) is 15.0. The van der Waals surface area contributed by atoms with Crippen LogP contribution in [0.25, 0.3) is 113 Å². The maximum Gasteiger partial charge on any atom is 0.165 e. The Morgan fingerprint density at radius 3 is 1.88 bits per heavy atom. The molecule has 3 aromatic heterocycles. The fourth-order valence-electron chi connectivity index (χ4n) is 10.1. The molecule has 3 heterocycles. The van der Waals surface area contributed by atoms with Crippen LogP contribution in [-0.4, -0.2) is 14.5 Å². The van der Waals surface area contributed by atoms with E-state index in [1.54, 1.807) is 0 Å². The topological polar surface area (TPSA) is 30.7 Å². The Labute approximate surface area is 332 Å². The second-order valence-electron chi connectivity index (χ2n) is 16.1. The van der Waals surface area contributed by atoms with Crippen LogP contribution in [0.4, 0.5) is 0 Å². The second-order valence-corrected chi connectivity index (χ2v) is 17.1. The van der Waals surface area contributed by atoms with Gasteiger partial charge in [-0.15, -0.1) is 11.3 Å². The molecular formula is C53H33N3S. The van der Waals surface area contributed by atoms with E-state index in [-0.39, 0.29) is 5.41 Å². The molecule has 0 atom stereocenters. The van der Waals surface area contributed by atoms with E-state index < -0.39 is 0 Å². The second kappa shape index (κ2) is 11.1. The Bertz CT molecular complexity index is 3700. The first kappa shape index (κ1) is 31.3. The SMILES string of the molecule is CC1(C)c2ccccc2-c2nc(-n3c4cc5ccccc5cc4c4c5c6ccccc6c6ccccc6c5ccc43)c(-c3cccc4c3sc3ccccc34)nc21. The van der Waals surface area contributed by atoms with Crippen LogP contribution in [0.2, 0.25) is 0 Å². The van der Waals surface area contributed by atoms with E-state index in [0.29, 0.717) is 0 Å². The number of rotatable bonds is 2. The molecule has 3 nitrogen and oxygen atoms in total. The van der Waals surface area contributed by atoms with E-state index in [2.05, 4.69) is 182 Å². The number of aromatic nitrogens is 3.